The van der Waals surface area contributed by atoms with Gasteiger partial charge in [-0.2, -0.15) is 0 Å². The molecule has 1 saturated heterocycles. The van der Waals surface area contributed by atoms with Crippen LogP contribution in [0.25, 0.3) is 0 Å². The van der Waals surface area contributed by atoms with Crippen LogP contribution in [0, 0.1) is 5.82 Å². The van der Waals surface area contributed by atoms with Gasteiger partial charge < -0.3 is 10.8 Å². The number of phenolic OH excluding ortho intramolecular Hbond substituents is 1. The number of hydrogen-bond acceptors (Lipinski definition) is 4. The first-order valence-corrected chi connectivity index (χ1v) is 6.47. The quantitative estimate of drug-likeness (QED) is 0.816. The van der Waals surface area contributed by atoms with Crippen molar-refractivity contribution in [3.05, 3.63) is 29.1 Å². The van der Waals surface area contributed by atoms with E-state index in [0.717, 1.165) is 32.0 Å². The lowest BCUT2D eigenvalue weighted by Gasteiger charge is -2.30. The van der Waals surface area contributed by atoms with E-state index in [4.69, 9.17) is 5.73 Å². The Hall–Kier alpha value is -1.46. The second kappa shape index (κ2) is 5.67. The summed E-state index contributed by atoms with van der Waals surface area (Å²) in [7, 11) is 0. The topological polar surface area (TPSA) is 66.6 Å². The Balaban J connectivity index is 2.22. The number of carbonyl (C=O) groups excluding carboxylic acids is 1. The number of benzene rings is 1. The van der Waals surface area contributed by atoms with Crippen LogP contribution in [0.1, 0.15) is 35.7 Å². The Bertz CT molecular complexity index is 491. The van der Waals surface area contributed by atoms with E-state index in [9.17, 15) is 14.3 Å². The molecule has 0 amide bonds. The highest BCUT2D eigenvalue weighted by Crippen LogP contribution is 2.26. The molecule has 0 aromatic heterocycles. The van der Waals surface area contributed by atoms with Crippen LogP contribution in [0.15, 0.2) is 12.1 Å². The lowest BCUT2D eigenvalue weighted by molar-refractivity contribution is 0.101. The van der Waals surface area contributed by atoms with E-state index in [0.29, 0.717) is 12.1 Å². The minimum atomic E-state index is -0.501. The molecule has 0 radical (unpaired) electrons. The third kappa shape index (κ3) is 3.30. The Morgan fingerprint density at radius 2 is 2.32 bits per heavy atom. The van der Waals surface area contributed by atoms with Crippen molar-refractivity contribution >= 4 is 5.78 Å². The molecule has 19 heavy (non-hydrogen) atoms. The summed E-state index contributed by atoms with van der Waals surface area (Å²) >= 11 is 0. The van der Waals surface area contributed by atoms with Crippen LogP contribution in [0.4, 0.5) is 4.39 Å². The van der Waals surface area contributed by atoms with Crippen molar-refractivity contribution in [3.8, 4) is 5.75 Å². The zero-order chi connectivity index (χ0) is 14.0. The summed E-state index contributed by atoms with van der Waals surface area (Å²) in [5.41, 5.74) is 6.37. The number of ketones is 1. The van der Waals surface area contributed by atoms with Crippen molar-refractivity contribution in [2.24, 2.45) is 5.73 Å². The predicted molar refractivity (Wildman–Crippen MR) is 70.6 cm³/mol. The molecule has 1 aromatic carbocycles. The van der Waals surface area contributed by atoms with Crippen molar-refractivity contribution in [3.63, 3.8) is 0 Å². The van der Waals surface area contributed by atoms with Gasteiger partial charge in [0.15, 0.2) is 5.78 Å². The van der Waals surface area contributed by atoms with Crippen LogP contribution >= 0.6 is 0 Å². The van der Waals surface area contributed by atoms with Crippen LogP contribution in [-0.2, 0) is 6.54 Å². The number of likely N-dealkylation sites (tertiary alicyclic amines) is 1. The van der Waals surface area contributed by atoms with Gasteiger partial charge in [0.2, 0.25) is 0 Å². The summed E-state index contributed by atoms with van der Waals surface area (Å²) in [6.45, 7) is 3.33. The standard InChI is InChI=1S/C14H19FN2O2/c1-9(18)13-6-11(15)5-10(14(13)19)7-17-4-2-3-12(16)8-17/h5-6,12,19H,2-4,7-8,16H2,1H3. The van der Waals surface area contributed by atoms with Gasteiger partial charge in [-0.15, -0.1) is 0 Å². The summed E-state index contributed by atoms with van der Waals surface area (Å²) in [6.07, 6.45) is 1.99. The molecule has 0 aliphatic carbocycles. The summed E-state index contributed by atoms with van der Waals surface area (Å²) in [6, 6.07) is 2.47. The first-order valence-electron chi connectivity index (χ1n) is 6.47. The normalized spacial score (nSPS) is 20.5. The molecule has 3 N–H and O–H groups in total. The van der Waals surface area contributed by atoms with Gasteiger partial charge in [-0.05, 0) is 38.4 Å². The van der Waals surface area contributed by atoms with Gasteiger partial charge in [-0.3, -0.25) is 9.69 Å². The summed E-state index contributed by atoms with van der Waals surface area (Å²) in [5.74, 6) is -0.957. The number of rotatable bonds is 3. The summed E-state index contributed by atoms with van der Waals surface area (Å²) in [5, 5.41) is 10.0. The molecule has 0 bridgehead atoms. The maximum atomic E-state index is 13.5. The van der Waals surface area contributed by atoms with E-state index in [2.05, 4.69) is 4.90 Å². The van der Waals surface area contributed by atoms with Crippen LogP contribution < -0.4 is 5.73 Å². The van der Waals surface area contributed by atoms with E-state index >= 15 is 0 Å². The number of phenols is 1. The minimum Gasteiger partial charge on any atom is -0.507 e. The maximum Gasteiger partial charge on any atom is 0.163 e. The number of piperidine rings is 1. The van der Waals surface area contributed by atoms with Gasteiger partial charge >= 0.3 is 0 Å². The first-order chi connectivity index (χ1) is 8.97. The smallest absolute Gasteiger partial charge is 0.163 e. The highest BCUT2D eigenvalue weighted by molar-refractivity contribution is 5.97. The highest BCUT2D eigenvalue weighted by Gasteiger charge is 2.20. The fraction of sp³-hybridized carbons (Fsp3) is 0.500. The Morgan fingerprint density at radius 3 is 2.95 bits per heavy atom. The molecule has 1 aromatic rings. The van der Waals surface area contributed by atoms with Gasteiger partial charge in [0.25, 0.3) is 0 Å². The third-order valence-corrected chi connectivity index (χ3v) is 3.47. The number of hydrogen-bond donors (Lipinski definition) is 2. The molecule has 2 rings (SSSR count). The van der Waals surface area contributed by atoms with E-state index in [-0.39, 0.29) is 23.1 Å². The molecule has 4 nitrogen and oxygen atoms in total. The fourth-order valence-electron chi connectivity index (χ4n) is 2.52. The van der Waals surface area contributed by atoms with Crippen molar-refractivity contribution in [1.29, 1.82) is 0 Å². The van der Waals surface area contributed by atoms with Gasteiger partial charge in [0.1, 0.15) is 11.6 Å². The van der Waals surface area contributed by atoms with E-state index in [1.165, 1.54) is 13.0 Å². The van der Waals surface area contributed by atoms with Gasteiger partial charge in [0, 0.05) is 24.7 Å². The number of halogens is 1. The molecular formula is C14H19FN2O2. The predicted octanol–water partition coefficient (Wildman–Crippen LogP) is 1.66. The highest BCUT2D eigenvalue weighted by atomic mass is 19.1. The van der Waals surface area contributed by atoms with Crippen molar-refractivity contribution in [1.82, 2.24) is 4.90 Å². The summed E-state index contributed by atoms with van der Waals surface area (Å²) < 4.78 is 13.5. The number of carbonyl (C=O) groups is 1. The molecule has 1 fully saturated rings. The number of nitrogens with zero attached hydrogens (tertiary/aromatic N) is 1. The third-order valence-electron chi connectivity index (χ3n) is 3.47. The van der Waals surface area contributed by atoms with Crippen molar-refractivity contribution < 1.29 is 14.3 Å². The molecule has 1 atom stereocenters. The number of Topliss-reactive ketones (excluding diaryl/α,β-unsaturated/α-hetero) is 1. The van der Waals surface area contributed by atoms with E-state index in [1.54, 1.807) is 0 Å². The lowest BCUT2D eigenvalue weighted by Crippen LogP contribution is -2.42. The molecule has 1 unspecified atom stereocenters. The minimum absolute atomic E-state index is 0.0382. The zero-order valence-electron chi connectivity index (χ0n) is 11.0. The monoisotopic (exact) mass is 266 g/mol. The SMILES string of the molecule is CC(=O)c1cc(F)cc(CN2CCCC(N)C2)c1O. The second-order valence-electron chi connectivity index (χ2n) is 5.15. The molecule has 5 heteroatoms. The maximum absolute atomic E-state index is 13.5. The van der Waals surface area contributed by atoms with Crippen LogP contribution in [0.3, 0.4) is 0 Å². The Kier molecular flexibility index (Phi) is 4.17. The Morgan fingerprint density at radius 1 is 1.58 bits per heavy atom. The van der Waals surface area contributed by atoms with E-state index in [1.807, 2.05) is 0 Å². The first kappa shape index (κ1) is 14.0. The average molecular weight is 266 g/mol. The average Bonchev–Trinajstić information content (AvgIpc) is 2.33. The number of nitrogens with two attached hydrogens (primary N) is 1. The lowest BCUT2D eigenvalue weighted by atomic mass is 10.0. The molecule has 1 aliphatic rings. The van der Waals surface area contributed by atoms with Crippen molar-refractivity contribution in [2.75, 3.05) is 13.1 Å². The van der Waals surface area contributed by atoms with Crippen molar-refractivity contribution in [2.45, 2.75) is 32.4 Å². The molecule has 1 aliphatic heterocycles. The molecular weight excluding hydrogens is 247 g/mol. The number of aromatic hydroxyl groups is 1. The second-order valence-corrected chi connectivity index (χ2v) is 5.15. The van der Waals surface area contributed by atoms with Gasteiger partial charge in [0.05, 0.1) is 5.56 Å². The van der Waals surface area contributed by atoms with Gasteiger partial charge in [-0.25, -0.2) is 4.39 Å². The van der Waals surface area contributed by atoms with E-state index < -0.39 is 5.82 Å². The largest absolute Gasteiger partial charge is 0.507 e. The van der Waals surface area contributed by atoms with Crippen LogP contribution in [0.5, 0.6) is 5.75 Å². The van der Waals surface area contributed by atoms with Crippen LogP contribution in [0.2, 0.25) is 0 Å². The molecule has 1 heterocycles. The fourth-order valence-corrected chi connectivity index (χ4v) is 2.52. The van der Waals surface area contributed by atoms with Gasteiger partial charge in [-0.1, -0.05) is 0 Å². The zero-order valence-corrected chi connectivity index (χ0v) is 11.0. The Labute approximate surface area is 112 Å². The molecule has 0 spiro atoms. The summed E-state index contributed by atoms with van der Waals surface area (Å²) in [4.78, 5) is 13.4. The van der Waals surface area contributed by atoms with Crippen LogP contribution in [-0.4, -0.2) is 34.9 Å². The molecule has 0 saturated carbocycles. The molecule has 104 valence electrons.